The molecule has 0 radical (unpaired) electrons. The van der Waals surface area contributed by atoms with E-state index in [4.69, 9.17) is 3.63 Å². The number of hydrogen-bond acceptors (Lipinski definition) is 3. The minimum absolute atomic E-state index is 0.400. The highest BCUT2D eigenvalue weighted by Gasteiger charge is 2.53. The highest BCUT2D eigenvalue weighted by atomic mass is 32.3. The molecule has 2 aromatic rings. The lowest BCUT2D eigenvalue weighted by Gasteiger charge is -2.37. The zero-order valence-electron chi connectivity index (χ0n) is 12.4. The quantitative estimate of drug-likeness (QED) is 0.705. The summed E-state index contributed by atoms with van der Waals surface area (Å²) in [5.41, 5.74) is -4.83. The maximum Gasteiger partial charge on any atom is 0.524 e. The van der Waals surface area contributed by atoms with Crippen molar-refractivity contribution in [2.24, 2.45) is 0 Å². The minimum atomic E-state index is -5.77. The van der Waals surface area contributed by atoms with Crippen molar-refractivity contribution in [1.82, 2.24) is 0 Å². The number of allylic oxidation sites excluding steroid dienone is 1. The molecule has 0 spiro atoms. The van der Waals surface area contributed by atoms with E-state index in [0.717, 1.165) is 0 Å². The Bertz CT molecular complexity index is 906. The topological polar surface area (TPSA) is 43.4 Å². The molecule has 0 saturated heterocycles. The van der Waals surface area contributed by atoms with Crippen LogP contribution in [0.1, 0.15) is 12.5 Å². The number of benzene rings is 2. The van der Waals surface area contributed by atoms with E-state index in [2.05, 4.69) is 0 Å². The van der Waals surface area contributed by atoms with Crippen LogP contribution < -0.4 is 0 Å². The van der Waals surface area contributed by atoms with Gasteiger partial charge >= 0.3 is 15.6 Å². The van der Waals surface area contributed by atoms with Crippen LogP contribution in [-0.2, 0) is 13.7 Å². The number of alkyl halides is 3. The molecule has 1 atom stereocenters. The van der Waals surface area contributed by atoms with Gasteiger partial charge in [0.15, 0.2) is 0 Å². The predicted octanol–water partition coefficient (Wildman–Crippen LogP) is 5.06. The van der Waals surface area contributed by atoms with Crippen molar-refractivity contribution in [2.75, 3.05) is 0 Å². The van der Waals surface area contributed by atoms with Crippen LogP contribution in [0.3, 0.4) is 0 Å². The molecule has 0 bridgehead atoms. The Labute approximate surface area is 139 Å². The molecule has 1 heterocycles. The zero-order chi connectivity index (χ0) is 17.6. The fraction of sp³-hybridized carbons (Fsp3) is 0.125. The van der Waals surface area contributed by atoms with Gasteiger partial charge in [-0.2, -0.15) is 25.2 Å². The van der Waals surface area contributed by atoms with Gasteiger partial charge < -0.3 is 0 Å². The molecule has 0 amide bonds. The Kier molecular flexibility index (Phi) is 4.01. The van der Waals surface area contributed by atoms with Crippen molar-refractivity contribution in [3.05, 3.63) is 65.1 Å². The lowest BCUT2D eigenvalue weighted by Crippen LogP contribution is -2.27. The van der Waals surface area contributed by atoms with Gasteiger partial charge in [0.25, 0.3) is 0 Å². The van der Waals surface area contributed by atoms with Gasteiger partial charge in [-0.25, -0.2) is 0 Å². The van der Waals surface area contributed by atoms with Gasteiger partial charge in [0.05, 0.1) is 0 Å². The fourth-order valence-corrected chi connectivity index (χ4v) is 7.52. The maximum atomic E-state index is 13.0. The summed E-state index contributed by atoms with van der Waals surface area (Å²) in [5, 5.41) is 0. The normalized spacial score (nSPS) is 23.2. The van der Waals surface area contributed by atoms with Gasteiger partial charge in [0, 0.05) is 9.79 Å². The van der Waals surface area contributed by atoms with E-state index in [9.17, 15) is 21.6 Å². The molecule has 8 heteroatoms. The zero-order valence-corrected chi connectivity index (χ0v) is 14.1. The van der Waals surface area contributed by atoms with Crippen molar-refractivity contribution in [3.8, 4) is 0 Å². The summed E-state index contributed by atoms with van der Waals surface area (Å²) < 4.78 is 67.4. The van der Waals surface area contributed by atoms with Crippen LogP contribution >= 0.6 is 10.3 Å². The monoisotopic (exact) mass is 374 g/mol. The van der Waals surface area contributed by atoms with Gasteiger partial charge in [0.1, 0.15) is 0 Å². The minimum Gasteiger partial charge on any atom is -0.200 e. The van der Waals surface area contributed by atoms with Gasteiger partial charge in [-0.15, -0.1) is 0 Å². The van der Waals surface area contributed by atoms with Crippen molar-refractivity contribution < 1.29 is 25.2 Å². The highest BCUT2D eigenvalue weighted by molar-refractivity contribution is 8.36. The largest absolute Gasteiger partial charge is 0.524 e. The smallest absolute Gasteiger partial charge is 0.200 e. The number of hydrogen-bond donors (Lipinski definition) is 0. The van der Waals surface area contributed by atoms with Gasteiger partial charge in [0.2, 0.25) is 0 Å². The second-order valence-electron chi connectivity index (χ2n) is 5.13. The van der Waals surface area contributed by atoms with Crippen LogP contribution in [0.4, 0.5) is 13.2 Å². The van der Waals surface area contributed by atoms with Crippen LogP contribution in [0.25, 0.3) is 6.08 Å². The predicted molar refractivity (Wildman–Crippen MR) is 86.7 cm³/mol. The Morgan fingerprint density at radius 3 is 2.17 bits per heavy atom. The summed E-state index contributed by atoms with van der Waals surface area (Å²) in [7, 11) is -8.73. The van der Waals surface area contributed by atoms with Crippen molar-refractivity contribution in [3.63, 3.8) is 0 Å². The number of fused-ring (bicyclic) bond motifs is 1. The van der Waals surface area contributed by atoms with Gasteiger partial charge in [-0.1, -0.05) is 36.4 Å². The molecule has 0 N–H and O–H groups in total. The second-order valence-corrected chi connectivity index (χ2v) is 9.71. The van der Waals surface area contributed by atoms with Crippen LogP contribution in [-0.4, -0.2) is 13.9 Å². The summed E-state index contributed by atoms with van der Waals surface area (Å²) in [6.07, 6.45) is 1.67. The molecule has 3 rings (SSSR count). The molecule has 2 aromatic carbocycles. The van der Waals surface area contributed by atoms with Crippen LogP contribution in [0, 0.1) is 0 Å². The van der Waals surface area contributed by atoms with E-state index in [1.165, 1.54) is 0 Å². The molecule has 0 fully saturated rings. The van der Waals surface area contributed by atoms with E-state index in [-0.39, 0.29) is 0 Å². The Hall–Kier alpha value is -1.77. The Morgan fingerprint density at radius 2 is 1.54 bits per heavy atom. The van der Waals surface area contributed by atoms with Gasteiger partial charge in [-0.05, 0) is 52.0 Å². The van der Waals surface area contributed by atoms with E-state index < -0.39 is 25.9 Å². The summed E-state index contributed by atoms with van der Waals surface area (Å²) in [4.78, 5) is 1.29. The van der Waals surface area contributed by atoms with Crippen molar-refractivity contribution in [1.29, 1.82) is 0 Å². The maximum absolute atomic E-state index is 13.0. The van der Waals surface area contributed by atoms with Crippen LogP contribution in [0.5, 0.6) is 0 Å². The first-order chi connectivity index (χ1) is 11.2. The molecule has 1 unspecified atom stereocenters. The third-order valence-electron chi connectivity index (χ3n) is 3.59. The number of halogens is 3. The molecule has 1 aliphatic heterocycles. The fourth-order valence-electron chi connectivity index (χ4n) is 2.56. The van der Waals surface area contributed by atoms with Crippen LogP contribution in [0.2, 0.25) is 0 Å². The lowest BCUT2D eigenvalue weighted by atomic mass is 10.2. The standard InChI is InChI=1S/C16H13F3O3S2/c1-12-11-13-7-5-6-10-15(13)23(12,14-8-3-2-4-9-14)22-24(20,21)16(17,18)19/h2-11H,1H3. The van der Waals surface area contributed by atoms with E-state index in [0.29, 0.717) is 20.3 Å². The second kappa shape index (κ2) is 5.65. The summed E-state index contributed by atoms with van der Waals surface area (Å²) in [6, 6.07) is 14.9. The highest BCUT2D eigenvalue weighted by Crippen LogP contribution is 2.74. The summed E-state index contributed by atoms with van der Waals surface area (Å²) >= 11 is 0. The average Bonchev–Trinajstić information content (AvgIpc) is 2.80. The van der Waals surface area contributed by atoms with E-state index in [1.54, 1.807) is 67.6 Å². The van der Waals surface area contributed by atoms with E-state index in [1.807, 2.05) is 0 Å². The first-order valence-electron chi connectivity index (χ1n) is 6.87. The third kappa shape index (κ3) is 2.54. The van der Waals surface area contributed by atoms with Crippen LogP contribution in [0.15, 0.2) is 69.3 Å². The summed E-state index contributed by atoms with van der Waals surface area (Å²) in [6.45, 7) is 1.59. The van der Waals surface area contributed by atoms with Crippen molar-refractivity contribution in [2.45, 2.75) is 22.2 Å². The molecule has 3 nitrogen and oxygen atoms in total. The lowest BCUT2D eigenvalue weighted by molar-refractivity contribution is -0.0496. The molecule has 0 aliphatic carbocycles. The van der Waals surface area contributed by atoms with Crippen molar-refractivity contribution >= 4 is 26.5 Å². The average molecular weight is 374 g/mol. The third-order valence-corrected chi connectivity index (χ3v) is 8.64. The molecular weight excluding hydrogens is 361 g/mol. The molecule has 1 aliphatic rings. The molecule has 0 saturated carbocycles. The summed E-state index contributed by atoms with van der Waals surface area (Å²) in [5.74, 6) is 0. The SMILES string of the molecule is CC1=Cc2ccccc2S1(OS(=O)(=O)C(F)(F)F)c1ccccc1. The van der Waals surface area contributed by atoms with E-state index >= 15 is 0 Å². The Balaban J connectivity index is 2.28. The molecule has 0 aromatic heterocycles. The Morgan fingerprint density at radius 1 is 0.958 bits per heavy atom. The molecule has 24 heavy (non-hydrogen) atoms. The molecular formula is C16H13F3O3S2. The number of rotatable bonds is 3. The first kappa shape index (κ1) is 17.1. The van der Waals surface area contributed by atoms with Gasteiger partial charge in [-0.3, -0.25) is 0 Å². The molecule has 128 valence electrons. The first-order valence-corrected chi connectivity index (χ1v) is 9.83.